The molecule has 3 heteroatoms. The maximum Gasteiger partial charge on any atom is 0.178 e. The molecule has 2 N–H and O–H groups in total. The van der Waals surface area contributed by atoms with E-state index < -0.39 is 11.2 Å². The van der Waals surface area contributed by atoms with Gasteiger partial charge in [-0.1, -0.05) is 121 Å². The number of fused-ring (bicyclic) bond motifs is 6. The lowest BCUT2D eigenvalue weighted by Gasteiger charge is -2.19. The van der Waals surface area contributed by atoms with Gasteiger partial charge in [0, 0.05) is 22.3 Å². The van der Waals surface area contributed by atoms with Crippen molar-refractivity contribution in [3.05, 3.63) is 119 Å². The zero-order valence-corrected chi connectivity index (χ0v) is 19.0. The summed E-state index contributed by atoms with van der Waals surface area (Å²) >= 11 is 0. The Morgan fingerprint density at radius 1 is 0.486 bits per heavy atom. The molecule has 2 aliphatic rings. The van der Waals surface area contributed by atoms with Crippen molar-refractivity contribution in [2.24, 2.45) is 0 Å². The van der Waals surface area contributed by atoms with Crippen LogP contribution < -0.4 is 0 Å². The summed E-state index contributed by atoms with van der Waals surface area (Å²) in [7, 11) is 0. The van der Waals surface area contributed by atoms with E-state index in [2.05, 4.69) is 23.7 Å². The van der Waals surface area contributed by atoms with E-state index in [4.69, 9.17) is 4.74 Å². The standard InChI is InChI=1S/C32H22O3/c33-31(27-15-5-1-11-23(27)24-12-2-6-16-28(24)31)19-9-21-35-22-10-20-32(34)29-17-7-3-13-25(29)26-14-4-8-18-30(26)32/h1-8,11-18,33-34H,21-22H2. The monoisotopic (exact) mass is 454 g/mol. The summed E-state index contributed by atoms with van der Waals surface area (Å²) in [5.74, 6) is 12.0. The second kappa shape index (κ2) is 8.27. The topological polar surface area (TPSA) is 49.7 Å². The summed E-state index contributed by atoms with van der Waals surface area (Å²) in [6.45, 7) is 0.236. The predicted molar refractivity (Wildman–Crippen MR) is 136 cm³/mol. The Morgan fingerprint density at radius 3 is 1.09 bits per heavy atom. The highest BCUT2D eigenvalue weighted by Crippen LogP contribution is 2.47. The van der Waals surface area contributed by atoms with Crippen molar-refractivity contribution in [1.82, 2.24) is 0 Å². The summed E-state index contributed by atoms with van der Waals surface area (Å²) in [5, 5.41) is 22.9. The van der Waals surface area contributed by atoms with Crippen molar-refractivity contribution in [2.75, 3.05) is 13.2 Å². The second-order valence-electron chi connectivity index (χ2n) is 8.70. The third kappa shape index (κ3) is 3.30. The van der Waals surface area contributed by atoms with Crippen LogP contribution in [0.4, 0.5) is 0 Å². The molecule has 0 unspecified atom stereocenters. The Bertz CT molecular complexity index is 1370. The summed E-state index contributed by atoms with van der Waals surface area (Å²) in [6.07, 6.45) is 0. The fourth-order valence-corrected chi connectivity index (χ4v) is 5.17. The molecule has 0 spiro atoms. The van der Waals surface area contributed by atoms with Crippen LogP contribution in [0.5, 0.6) is 0 Å². The van der Waals surface area contributed by atoms with Crippen molar-refractivity contribution in [1.29, 1.82) is 0 Å². The van der Waals surface area contributed by atoms with Crippen molar-refractivity contribution >= 4 is 0 Å². The van der Waals surface area contributed by atoms with Crippen molar-refractivity contribution in [3.63, 3.8) is 0 Å². The van der Waals surface area contributed by atoms with E-state index in [0.29, 0.717) is 0 Å². The van der Waals surface area contributed by atoms with Gasteiger partial charge in [0.1, 0.15) is 13.2 Å². The number of benzene rings is 4. The largest absolute Gasteiger partial charge is 0.369 e. The van der Waals surface area contributed by atoms with Crippen molar-refractivity contribution in [3.8, 4) is 45.9 Å². The van der Waals surface area contributed by atoms with Crippen LogP contribution in [0.25, 0.3) is 22.3 Å². The SMILES string of the molecule is OC1(C#CCOCC#CC2(O)c3ccccc3-c3ccccc32)c2ccccc2-c2ccccc21. The number of rotatable bonds is 2. The van der Waals surface area contributed by atoms with Crippen LogP contribution in [-0.4, -0.2) is 23.4 Å². The average molecular weight is 455 g/mol. The van der Waals surface area contributed by atoms with Crippen LogP contribution in [0.1, 0.15) is 22.3 Å². The first-order valence-corrected chi connectivity index (χ1v) is 11.5. The third-order valence-corrected chi connectivity index (χ3v) is 6.73. The Morgan fingerprint density at radius 2 is 0.771 bits per heavy atom. The summed E-state index contributed by atoms with van der Waals surface area (Å²) in [5.41, 5.74) is 4.40. The molecule has 168 valence electrons. The fourth-order valence-electron chi connectivity index (χ4n) is 5.17. The summed E-state index contributed by atoms with van der Waals surface area (Å²) in [4.78, 5) is 0. The van der Waals surface area contributed by atoms with Crippen molar-refractivity contribution in [2.45, 2.75) is 11.2 Å². The molecule has 4 aromatic carbocycles. The molecule has 0 bridgehead atoms. The third-order valence-electron chi connectivity index (χ3n) is 6.73. The normalized spacial score (nSPS) is 14.9. The van der Waals surface area contributed by atoms with Crippen LogP contribution in [-0.2, 0) is 15.9 Å². The Labute approximate surface area is 204 Å². The van der Waals surface area contributed by atoms with Gasteiger partial charge in [-0.15, -0.1) is 0 Å². The predicted octanol–water partition coefficient (Wildman–Crippen LogP) is 4.84. The highest BCUT2D eigenvalue weighted by Gasteiger charge is 2.41. The molecule has 0 heterocycles. The van der Waals surface area contributed by atoms with E-state index >= 15 is 0 Å². The Balaban J connectivity index is 1.19. The minimum absolute atomic E-state index is 0.118. The molecule has 6 rings (SSSR count). The second-order valence-corrected chi connectivity index (χ2v) is 8.70. The number of aliphatic hydroxyl groups is 2. The van der Waals surface area contributed by atoms with Gasteiger partial charge in [0.15, 0.2) is 11.2 Å². The van der Waals surface area contributed by atoms with E-state index in [1.165, 1.54) is 0 Å². The molecular formula is C32H22O3. The van der Waals surface area contributed by atoms with Gasteiger partial charge < -0.3 is 14.9 Å². The highest BCUT2D eigenvalue weighted by molar-refractivity contribution is 5.82. The first kappa shape index (κ1) is 21.4. The van der Waals surface area contributed by atoms with Crippen LogP contribution in [0, 0.1) is 23.7 Å². The molecule has 0 radical (unpaired) electrons. The molecule has 3 nitrogen and oxygen atoms in total. The molecule has 0 aliphatic heterocycles. The van der Waals surface area contributed by atoms with Gasteiger partial charge in [-0.05, 0) is 22.3 Å². The minimum atomic E-state index is -1.37. The molecule has 0 atom stereocenters. The van der Waals surface area contributed by atoms with E-state index in [1.807, 2.05) is 97.1 Å². The smallest absolute Gasteiger partial charge is 0.178 e. The highest BCUT2D eigenvalue weighted by atomic mass is 16.5. The van der Waals surface area contributed by atoms with Crippen LogP contribution in [0.2, 0.25) is 0 Å². The summed E-state index contributed by atoms with van der Waals surface area (Å²) < 4.78 is 5.63. The number of hydrogen-bond acceptors (Lipinski definition) is 3. The zero-order chi connectivity index (χ0) is 23.9. The van der Waals surface area contributed by atoms with Crippen LogP contribution in [0.3, 0.4) is 0 Å². The van der Waals surface area contributed by atoms with Gasteiger partial charge in [-0.2, -0.15) is 0 Å². The van der Waals surface area contributed by atoms with Gasteiger partial charge in [0.25, 0.3) is 0 Å². The maximum absolute atomic E-state index is 11.5. The lowest BCUT2D eigenvalue weighted by atomic mass is 9.92. The maximum atomic E-state index is 11.5. The first-order valence-electron chi connectivity index (χ1n) is 11.5. The molecule has 35 heavy (non-hydrogen) atoms. The number of hydrogen-bond donors (Lipinski definition) is 2. The summed E-state index contributed by atoms with van der Waals surface area (Å²) in [6, 6.07) is 31.2. The molecule has 4 aromatic rings. The van der Waals surface area contributed by atoms with Gasteiger partial charge in [0.05, 0.1) is 0 Å². The average Bonchev–Trinajstić information content (AvgIpc) is 3.31. The lowest BCUT2D eigenvalue weighted by molar-refractivity contribution is 0.148. The Kier molecular flexibility index (Phi) is 5.06. The molecule has 0 saturated heterocycles. The minimum Gasteiger partial charge on any atom is -0.369 e. The molecule has 0 amide bonds. The fraction of sp³-hybridized carbons (Fsp3) is 0.125. The first-order chi connectivity index (χ1) is 17.1. The molecule has 0 aromatic heterocycles. The molecule has 0 fully saturated rings. The zero-order valence-electron chi connectivity index (χ0n) is 19.0. The molecule has 0 saturated carbocycles. The van der Waals surface area contributed by atoms with Gasteiger partial charge >= 0.3 is 0 Å². The Hall–Kier alpha value is -4.12. The van der Waals surface area contributed by atoms with Gasteiger partial charge in [-0.3, -0.25) is 0 Å². The molecular weight excluding hydrogens is 432 g/mol. The number of ether oxygens (including phenoxy) is 1. The van der Waals surface area contributed by atoms with Crippen molar-refractivity contribution < 1.29 is 14.9 Å². The molecule has 2 aliphatic carbocycles. The lowest BCUT2D eigenvalue weighted by Crippen LogP contribution is -2.22. The van der Waals surface area contributed by atoms with Crippen LogP contribution in [0.15, 0.2) is 97.1 Å². The van der Waals surface area contributed by atoms with E-state index in [9.17, 15) is 10.2 Å². The van der Waals surface area contributed by atoms with E-state index in [0.717, 1.165) is 44.5 Å². The van der Waals surface area contributed by atoms with Crippen LogP contribution >= 0.6 is 0 Å². The van der Waals surface area contributed by atoms with Gasteiger partial charge in [0.2, 0.25) is 0 Å². The van der Waals surface area contributed by atoms with E-state index in [1.54, 1.807) is 0 Å². The quantitative estimate of drug-likeness (QED) is 0.337. The van der Waals surface area contributed by atoms with Gasteiger partial charge in [-0.25, -0.2) is 0 Å². The van der Waals surface area contributed by atoms with E-state index in [-0.39, 0.29) is 13.2 Å².